The Bertz CT molecular complexity index is 537. The van der Waals surface area contributed by atoms with Crippen molar-refractivity contribution < 1.29 is 9.84 Å². The molecule has 1 aromatic carbocycles. The third-order valence-corrected chi connectivity index (χ3v) is 4.19. The molecule has 2 aliphatic rings. The lowest BCUT2D eigenvalue weighted by molar-refractivity contribution is 0.0202. The molecule has 4 nitrogen and oxygen atoms in total. The zero-order chi connectivity index (χ0) is 12.3. The normalized spacial score (nSPS) is 34.3. The van der Waals surface area contributed by atoms with E-state index in [2.05, 4.69) is 11.8 Å². The summed E-state index contributed by atoms with van der Waals surface area (Å²) in [6.07, 6.45) is 0.842. The third kappa shape index (κ3) is 0.961. The van der Waals surface area contributed by atoms with Crippen molar-refractivity contribution in [2.75, 3.05) is 18.6 Å². The van der Waals surface area contributed by atoms with Crippen LogP contribution in [0.2, 0.25) is 0 Å². The van der Waals surface area contributed by atoms with E-state index in [4.69, 9.17) is 11.3 Å². The molecule has 0 aromatic heterocycles. The standard InChI is InChI=1S/C13H14N2O2/c1-12-6-7-17-13(12,14-2)15(3)11-5-4-9(16)8-10(11)12/h2,4-5,8H,6-7H2,1,3H3/p+1/t12-,13+/m0/s1. The maximum Gasteiger partial charge on any atom is 0.477 e. The van der Waals surface area contributed by atoms with Crippen molar-refractivity contribution in [3.63, 3.8) is 0 Å². The Labute approximate surface area is 100 Å². The zero-order valence-corrected chi connectivity index (χ0v) is 9.97. The number of fused-ring (bicyclic) bond motifs is 3. The van der Waals surface area contributed by atoms with Crippen molar-refractivity contribution in [2.45, 2.75) is 24.6 Å². The average molecular weight is 231 g/mol. The van der Waals surface area contributed by atoms with Gasteiger partial charge in [0.1, 0.15) is 11.2 Å². The van der Waals surface area contributed by atoms with E-state index >= 15 is 0 Å². The molecule has 0 aliphatic carbocycles. The number of aromatic hydroxyl groups is 1. The Kier molecular flexibility index (Phi) is 1.80. The first-order valence-corrected chi connectivity index (χ1v) is 5.68. The van der Waals surface area contributed by atoms with E-state index in [0.717, 1.165) is 17.7 Å². The van der Waals surface area contributed by atoms with Crippen molar-refractivity contribution >= 4 is 5.69 Å². The molecule has 1 N–H and O–H groups in total. The smallest absolute Gasteiger partial charge is 0.477 e. The minimum Gasteiger partial charge on any atom is -0.508 e. The molecule has 4 heteroatoms. The number of anilines is 1. The first-order chi connectivity index (χ1) is 8.05. The van der Waals surface area contributed by atoms with Gasteiger partial charge >= 0.3 is 5.85 Å². The van der Waals surface area contributed by atoms with Crippen LogP contribution in [0.5, 0.6) is 5.75 Å². The first-order valence-electron chi connectivity index (χ1n) is 5.68. The van der Waals surface area contributed by atoms with Crippen LogP contribution in [-0.4, -0.2) is 24.6 Å². The number of ether oxygens (including phenoxy) is 1. The quantitative estimate of drug-likeness (QED) is 0.743. The minimum atomic E-state index is -0.830. The van der Waals surface area contributed by atoms with Gasteiger partial charge in [0.25, 0.3) is 6.57 Å². The molecule has 0 amide bonds. The molecule has 0 bridgehead atoms. The largest absolute Gasteiger partial charge is 0.508 e. The maximum atomic E-state index is 9.65. The fourth-order valence-corrected chi connectivity index (χ4v) is 3.18. The van der Waals surface area contributed by atoms with Crippen LogP contribution < -0.4 is 4.90 Å². The van der Waals surface area contributed by atoms with Gasteiger partial charge in [-0.1, -0.05) is 0 Å². The summed E-state index contributed by atoms with van der Waals surface area (Å²) in [6.45, 7) is 8.30. The van der Waals surface area contributed by atoms with E-state index in [9.17, 15) is 5.11 Å². The highest BCUT2D eigenvalue weighted by Crippen LogP contribution is 2.58. The van der Waals surface area contributed by atoms with E-state index in [0.29, 0.717) is 6.61 Å². The molecule has 1 saturated heterocycles. The molecule has 17 heavy (non-hydrogen) atoms. The Morgan fingerprint density at radius 2 is 2.29 bits per heavy atom. The number of phenolic OH excluding ortho intramolecular Hbond substituents is 1. The summed E-state index contributed by atoms with van der Waals surface area (Å²) in [7, 11) is 1.92. The van der Waals surface area contributed by atoms with Gasteiger partial charge < -0.3 is 5.11 Å². The van der Waals surface area contributed by atoms with Crippen LogP contribution in [0.1, 0.15) is 18.9 Å². The van der Waals surface area contributed by atoms with Crippen molar-refractivity contribution in [3.05, 3.63) is 28.6 Å². The minimum absolute atomic E-state index is 0.262. The van der Waals surface area contributed by atoms with Crippen molar-refractivity contribution in [2.24, 2.45) is 0 Å². The van der Waals surface area contributed by atoms with Gasteiger partial charge in [0.05, 0.1) is 12.3 Å². The molecule has 2 atom stereocenters. The number of rotatable bonds is 0. The van der Waals surface area contributed by atoms with Crippen LogP contribution in [0.4, 0.5) is 5.69 Å². The van der Waals surface area contributed by atoms with Gasteiger partial charge in [-0.25, -0.2) is 0 Å². The van der Waals surface area contributed by atoms with E-state index in [1.165, 1.54) is 0 Å². The van der Waals surface area contributed by atoms with Crippen molar-refractivity contribution in [1.29, 1.82) is 0 Å². The molecular weight excluding hydrogens is 216 g/mol. The summed E-state index contributed by atoms with van der Waals surface area (Å²) in [5.74, 6) is -0.568. The van der Waals surface area contributed by atoms with Gasteiger partial charge in [0.15, 0.2) is 0 Å². The highest BCUT2D eigenvalue weighted by atomic mass is 16.5. The molecule has 2 aliphatic heterocycles. The second-order valence-corrected chi connectivity index (χ2v) is 4.93. The van der Waals surface area contributed by atoms with Gasteiger partial charge in [-0.3, -0.25) is 9.64 Å². The van der Waals surface area contributed by atoms with Crippen LogP contribution in [-0.2, 0) is 10.2 Å². The number of phenols is 1. The summed E-state index contributed by atoms with van der Waals surface area (Å²) >= 11 is 0. The molecule has 1 fully saturated rings. The SMILES string of the molecule is C#[N+][C@]12OCC[C@@]1(C)c1cc(O)ccc1N2C. The topological polar surface area (TPSA) is 37.1 Å². The summed E-state index contributed by atoms with van der Waals surface area (Å²) in [5, 5.41) is 9.65. The Morgan fingerprint density at radius 1 is 1.53 bits per heavy atom. The summed E-state index contributed by atoms with van der Waals surface area (Å²) in [5.41, 5.74) is 1.76. The van der Waals surface area contributed by atoms with E-state index in [1.807, 2.05) is 18.0 Å². The fourth-order valence-electron chi connectivity index (χ4n) is 3.18. The molecule has 2 heterocycles. The Balaban J connectivity index is 2.30. The predicted octanol–water partition coefficient (Wildman–Crippen LogP) is 2.14. The van der Waals surface area contributed by atoms with Gasteiger partial charge in [0.2, 0.25) is 0 Å². The molecule has 0 saturated carbocycles. The number of benzene rings is 1. The van der Waals surface area contributed by atoms with Crippen molar-refractivity contribution in [1.82, 2.24) is 0 Å². The monoisotopic (exact) mass is 231 g/mol. The van der Waals surface area contributed by atoms with Crippen molar-refractivity contribution in [3.8, 4) is 12.3 Å². The van der Waals surface area contributed by atoms with E-state index in [1.54, 1.807) is 12.1 Å². The fraction of sp³-hybridized carbons (Fsp3) is 0.462. The average Bonchev–Trinajstić information content (AvgIpc) is 2.74. The molecule has 1 aromatic rings. The number of likely N-dealkylation sites (N-methyl/N-ethyl adjacent to an activating group) is 1. The highest BCUT2D eigenvalue weighted by molar-refractivity contribution is 5.68. The van der Waals surface area contributed by atoms with Crippen LogP contribution >= 0.6 is 0 Å². The molecule has 0 radical (unpaired) electrons. The first kappa shape index (κ1) is 10.4. The molecule has 0 spiro atoms. The Morgan fingerprint density at radius 3 is 3.00 bits per heavy atom. The van der Waals surface area contributed by atoms with Crippen LogP contribution in [0, 0.1) is 6.57 Å². The van der Waals surface area contributed by atoms with Crippen LogP contribution in [0.15, 0.2) is 18.2 Å². The summed E-state index contributed by atoms with van der Waals surface area (Å²) in [4.78, 5) is 5.95. The maximum absolute atomic E-state index is 9.65. The number of hydrogen-bond donors (Lipinski definition) is 1. The Hall–Kier alpha value is -1.73. The highest BCUT2D eigenvalue weighted by Gasteiger charge is 2.72. The summed E-state index contributed by atoms with van der Waals surface area (Å²) in [6, 6.07) is 5.34. The van der Waals surface area contributed by atoms with Gasteiger partial charge in [-0.05, 0) is 42.0 Å². The zero-order valence-electron chi connectivity index (χ0n) is 9.97. The lowest BCUT2D eigenvalue weighted by Crippen LogP contribution is -2.50. The van der Waals surface area contributed by atoms with Gasteiger partial charge in [0, 0.05) is 7.05 Å². The second kappa shape index (κ2) is 2.93. The number of hydrogen-bond acceptors (Lipinski definition) is 3. The lowest BCUT2D eigenvalue weighted by Gasteiger charge is -2.25. The second-order valence-electron chi connectivity index (χ2n) is 4.93. The van der Waals surface area contributed by atoms with E-state index in [-0.39, 0.29) is 11.2 Å². The molecular formula is C13H15N2O2+. The lowest BCUT2D eigenvalue weighted by atomic mass is 9.79. The van der Waals surface area contributed by atoms with E-state index < -0.39 is 5.85 Å². The van der Waals surface area contributed by atoms with Crippen LogP contribution in [0.25, 0.3) is 4.85 Å². The third-order valence-electron chi connectivity index (χ3n) is 4.19. The molecule has 88 valence electrons. The van der Waals surface area contributed by atoms with Gasteiger partial charge in [-0.15, -0.1) is 0 Å². The summed E-state index contributed by atoms with van der Waals surface area (Å²) < 4.78 is 5.80. The number of nitrogens with zero attached hydrogens (tertiary/aromatic N) is 2. The predicted molar refractivity (Wildman–Crippen MR) is 65.5 cm³/mol. The van der Waals surface area contributed by atoms with Crippen LogP contribution in [0.3, 0.4) is 0 Å². The molecule has 0 unspecified atom stereocenters. The molecule has 3 rings (SSSR count). The van der Waals surface area contributed by atoms with Gasteiger partial charge in [-0.2, -0.15) is 0 Å².